The average Bonchev–Trinajstić information content (AvgIpc) is 2.92. The van der Waals surface area contributed by atoms with Gasteiger partial charge in [-0.3, -0.25) is 9.69 Å². The maximum absolute atomic E-state index is 12.6. The number of amidine groups is 1. The van der Waals surface area contributed by atoms with Gasteiger partial charge in [0.05, 0.1) is 23.8 Å². The van der Waals surface area contributed by atoms with E-state index in [1.54, 1.807) is 19.2 Å². The van der Waals surface area contributed by atoms with Crippen molar-refractivity contribution in [2.75, 3.05) is 20.3 Å². The van der Waals surface area contributed by atoms with Gasteiger partial charge in [-0.25, -0.2) is 4.99 Å². The fourth-order valence-corrected chi connectivity index (χ4v) is 3.79. The molecule has 28 heavy (non-hydrogen) atoms. The lowest BCUT2D eigenvalue weighted by Crippen LogP contribution is -2.23. The molecular weight excluding hydrogens is 396 g/mol. The summed E-state index contributed by atoms with van der Waals surface area (Å²) >= 11 is 7.35. The summed E-state index contributed by atoms with van der Waals surface area (Å²) in [5, 5.41) is 1.21. The van der Waals surface area contributed by atoms with Gasteiger partial charge in [-0.1, -0.05) is 23.7 Å². The van der Waals surface area contributed by atoms with Gasteiger partial charge in [0.1, 0.15) is 0 Å². The number of benzene rings is 2. The van der Waals surface area contributed by atoms with Crippen LogP contribution in [0.25, 0.3) is 6.08 Å². The van der Waals surface area contributed by atoms with Crippen LogP contribution in [0.15, 0.2) is 52.4 Å². The summed E-state index contributed by atoms with van der Waals surface area (Å²) in [6, 6.07) is 12.9. The highest BCUT2D eigenvalue weighted by Gasteiger charge is 2.30. The molecule has 5 nitrogen and oxygen atoms in total. The van der Waals surface area contributed by atoms with Crippen LogP contribution in [0.1, 0.15) is 19.4 Å². The Bertz CT molecular complexity index is 943. The Hall–Kier alpha value is -2.44. The molecule has 3 rings (SSSR count). The number of nitrogens with zero attached hydrogens (tertiary/aromatic N) is 2. The first-order valence-electron chi connectivity index (χ1n) is 8.93. The summed E-state index contributed by atoms with van der Waals surface area (Å²) in [4.78, 5) is 19.3. The van der Waals surface area contributed by atoms with Gasteiger partial charge in [0.2, 0.25) is 0 Å². The number of carbonyl (C=O) groups is 1. The van der Waals surface area contributed by atoms with Crippen LogP contribution in [0.5, 0.6) is 11.5 Å². The molecule has 2 aromatic rings. The smallest absolute Gasteiger partial charge is 0.266 e. The van der Waals surface area contributed by atoms with Crippen LogP contribution in [-0.4, -0.2) is 36.2 Å². The fraction of sp³-hybridized carbons (Fsp3) is 0.238. The quantitative estimate of drug-likeness (QED) is 0.594. The monoisotopic (exact) mass is 416 g/mol. The topological polar surface area (TPSA) is 51.1 Å². The molecule has 2 aromatic carbocycles. The minimum Gasteiger partial charge on any atom is -0.490 e. The highest BCUT2D eigenvalue weighted by molar-refractivity contribution is 8.18. The minimum absolute atomic E-state index is 0.0994. The van der Waals surface area contributed by atoms with Crippen molar-refractivity contribution in [2.24, 2.45) is 4.99 Å². The van der Waals surface area contributed by atoms with E-state index in [0.717, 1.165) is 5.56 Å². The summed E-state index contributed by atoms with van der Waals surface area (Å²) in [6.07, 6.45) is 1.84. The van der Waals surface area contributed by atoms with E-state index in [2.05, 4.69) is 4.99 Å². The lowest BCUT2D eigenvalue weighted by Gasteiger charge is -2.11. The Labute approximate surface area is 174 Å². The maximum Gasteiger partial charge on any atom is 0.266 e. The second kappa shape index (κ2) is 9.17. The maximum atomic E-state index is 12.6. The van der Waals surface area contributed by atoms with Crippen molar-refractivity contribution in [1.82, 2.24) is 4.90 Å². The standard InChI is InChI=1S/C21H21ClN2O3S/c1-4-26-17-10-9-14(11-18(17)27-5-2)12-19-20(25)24(3)21(28-19)23-16-8-6-7-15(22)13-16/h6-13H,4-5H2,1-3H3/b19-12+,23-21?. The summed E-state index contributed by atoms with van der Waals surface area (Å²) in [5.41, 5.74) is 1.57. The van der Waals surface area contributed by atoms with Crippen LogP contribution in [0, 0.1) is 0 Å². The number of carbonyl (C=O) groups excluding carboxylic acids is 1. The third-order valence-corrected chi connectivity index (χ3v) is 5.20. The summed E-state index contributed by atoms with van der Waals surface area (Å²) in [7, 11) is 1.71. The zero-order chi connectivity index (χ0) is 20.1. The first kappa shape index (κ1) is 20.3. The van der Waals surface area contributed by atoms with Crippen LogP contribution in [0.4, 0.5) is 5.69 Å². The number of halogens is 1. The third-order valence-electron chi connectivity index (χ3n) is 3.90. The molecule has 0 bridgehead atoms. The number of thioether (sulfide) groups is 1. The van der Waals surface area contributed by atoms with E-state index in [4.69, 9.17) is 21.1 Å². The van der Waals surface area contributed by atoms with E-state index < -0.39 is 0 Å². The van der Waals surface area contributed by atoms with Crippen LogP contribution in [0.2, 0.25) is 5.02 Å². The van der Waals surface area contributed by atoms with Crippen molar-refractivity contribution >= 4 is 46.2 Å². The Kier molecular flexibility index (Phi) is 6.65. The minimum atomic E-state index is -0.0994. The van der Waals surface area contributed by atoms with Gasteiger partial charge >= 0.3 is 0 Å². The SMILES string of the molecule is CCOc1ccc(/C=C2/SC(=Nc3cccc(Cl)c3)N(C)C2=O)cc1OCC. The fourth-order valence-electron chi connectivity index (χ4n) is 2.62. The Balaban J connectivity index is 1.88. The Morgan fingerprint density at radius 3 is 2.57 bits per heavy atom. The second-order valence-corrected chi connectivity index (χ2v) is 7.37. The molecule has 1 amide bonds. The summed E-state index contributed by atoms with van der Waals surface area (Å²) < 4.78 is 11.3. The summed E-state index contributed by atoms with van der Waals surface area (Å²) in [6.45, 7) is 4.94. The zero-order valence-corrected chi connectivity index (χ0v) is 17.5. The number of likely N-dealkylation sites (N-methyl/N-ethyl adjacent to an activating group) is 1. The van der Waals surface area contributed by atoms with Gasteiger partial charge in [0.25, 0.3) is 5.91 Å². The molecule has 0 N–H and O–H groups in total. The molecule has 7 heteroatoms. The zero-order valence-electron chi connectivity index (χ0n) is 15.9. The molecule has 1 saturated heterocycles. The molecule has 0 aromatic heterocycles. The van der Waals surface area contributed by atoms with Crippen LogP contribution in [0.3, 0.4) is 0 Å². The van der Waals surface area contributed by atoms with Gasteiger partial charge in [0, 0.05) is 12.1 Å². The molecule has 0 spiro atoms. The van der Waals surface area contributed by atoms with Crippen molar-refractivity contribution in [2.45, 2.75) is 13.8 Å². The molecule has 0 saturated carbocycles. The van der Waals surface area contributed by atoms with Crippen molar-refractivity contribution < 1.29 is 14.3 Å². The van der Waals surface area contributed by atoms with Crippen molar-refractivity contribution in [3.63, 3.8) is 0 Å². The molecule has 1 aliphatic heterocycles. The first-order chi connectivity index (χ1) is 13.5. The van der Waals surface area contributed by atoms with Crippen LogP contribution < -0.4 is 9.47 Å². The van der Waals surface area contributed by atoms with Gasteiger partial charge in [-0.15, -0.1) is 0 Å². The second-order valence-electron chi connectivity index (χ2n) is 5.92. The number of rotatable bonds is 6. The third kappa shape index (κ3) is 4.69. The number of hydrogen-bond acceptors (Lipinski definition) is 5. The largest absolute Gasteiger partial charge is 0.490 e. The van der Waals surface area contributed by atoms with Gasteiger partial charge < -0.3 is 9.47 Å². The molecule has 146 valence electrons. The van der Waals surface area contributed by atoms with Crippen LogP contribution in [-0.2, 0) is 4.79 Å². The van der Waals surface area contributed by atoms with E-state index in [-0.39, 0.29) is 5.91 Å². The van der Waals surface area contributed by atoms with E-state index in [9.17, 15) is 4.79 Å². The Morgan fingerprint density at radius 1 is 1.11 bits per heavy atom. The van der Waals surface area contributed by atoms with E-state index in [0.29, 0.717) is 45.5 Å². The molecular formula is C21H21ClN2O3S. The average molecular weight is 417 g/mol. The highest BCUT2D eigenvalue weighted by atomic mass is 35.5. The molecule has 0 aliphatic carbocycles. The molecule has 0 radical (unpaired) electrons. The normalized spacial score (nSPS) is 16.9. The number of hydrogen-bond donors (Lipinski definition) is 0. The van der Waals surface area contributed by atoms with E-state index >= 15 is 0 Å². The molecule has 0 unspecified atom stereocenters. The van der Waals surface area contributed by atoms with E-state index in [1.165, 1.54) is 16.7 Å². The van der Waals surface area contributed by atoms with Crippen molar-refractivity contribution in [1.29, 1.82) is 0 Å². The van der Waals surface area contributed by atoms with Crippen molar-refractivity contribution in [3.8, 4) is 11.5 Å². The molecule has 1 fully saturated rings. The molecule has 1 aliphatic rings. The van der Waals surface area contributed by atoms with Gasteiger partial charge in [-0.05, 0) is 67.6 Å². The molecule has 1 heterocycles. The first-order valence-corrected chi connectivity index (χ1v) is 10.1. The number of ether oxygens (including phenoxy) is 2. The molecule has 0 atom stereocenters. The number of amides is 1. The Morgan fingerprint density at radius 2 is 1.86 bits per heavy atom. The van der Waals surface area contributed by atoms with Crippen LogP contribution >= 0.6 is 23.4 Å². The van der Waals surface area contributed by atoms with Gasteiger partial charge in [0.15, 0.2) is 16.7 Å². The van der Waals surface area contributed by atoms with Crippen molar-refractivity contribution in [3.05, 3.63) is 58.0 Å². The lowest BCUT2D eigenvalue weighted by molar-refractivity contribution is -0.121. The predicted octanol–water partition coefficient (Wildman–Crippen LogP) is 5.37. The lowest BCUT2D eigenvalue weighted by atomic mass is 10.2. The number of aliphatic imine (C=N–C) groups is 1. The van der Waals surface area contributed by atoms with Gasteiger partial charge in [-0.2, -0.15) is 0 Å². The predicted molar refractivity (Wildman–Crippen MR) is 116 cm³/mol. The van der Waals surface area contributed by atoms with E-state index in [1.807, 2.05) is 50.3 Å². The highest BCUT2D eigenvalue weighted by Crippen LogP contribution is 2.35. The summed E-state index contributed by atoms with van der Waals surface area (Å²) in [5.74, 6) is 1.25.